The standard InChI is InChI=1S/C16H16N4O3S/c1-16(2,3)15-19-12(23-20-15)9-22-14(21)11-8-18-13(24-11)10-4-6-17-7-5-10/h4-8H,9H2,1-3H3. The second-order valence-corrected chi connectivity index (χ2v) is 7.13. The van der Waals surface area contributed by atoms with Crippen molar-refractivity contribution in [3.05, 3.63) is 47.3 Å². The van der Waals surface area contributed by atoms with E-state index in [1.54, 1.807) is 12.4 Å². The molecule has 3 aromatic heterocycles. The number of carbonyl (C=O) groups excluding carboxylic acids is 1. The molecule has 0 aromatic carbocycles. The van der Waals surface area contributed by atoms with Gasteiger partial charge in [-0.1, -0.05) is 25.9 Å². The van der Waals surface area contributed by atoms with Crippen molar-refractivity contribution in [1.29, 1.82) is 0 Å². The van der Waals surface area contributed by atoms with Crippen LogP contribution in [0.25, 0.3) is 10.6 Å². The fourth-order valence-electron chi connectivity index (χ4n) is 1.81. The van der Waals surface area contributed by atoms with E-state index in [4.69, 9.17) is 9.26 Å². The number of aromatic nitrogens is 4. The summed E-state index contributed by atoms with van der Waals surface area (Å²) in [4.78, 5) is 24.9. The average Bonchev–Trinajstić information content (AvgIpc) is 3.22. The van der Waals surface area contributed by atoms with Crippen LogP contribution in [0.15, 0.2) is 35.2 Å². The van der Waals surface area contributed by atoms with Crippen molar-refractivity contribution in [3.63, 3.8) is 0 Å². The van der Waals surface area contributed by atoms with Gasteiger partial charge in [-0.2, -0.15) is 4.98 Å². The topological polar surface area (TPSA) is 91.0 Å². The van der Waals surface area contributed by atoms with Crippen LogP contribution < -0.4 is 0 Å². The highest BCUT2D eigenvalue weighted by molar-refractivity contribution is 7.16. The van der Waals surface area contributed by atoms with Gasteiger partial charge < -0.3 is 9.26 Å². The number of esters is 1. The summed E-state index contributed by atoms with van der Waals surface area (Å²) in [6.07, 6.45) is 4.85. The first-order valence-corrected chi connectivity index (χ1v) is 8.11. The molecule has 0 amide bonds. The quantitative estimate of drug-likeness (QED) is 0.671. The molecule has 124 valence electrons. The number of hydrogen-bond donors (Lipinski definition) is 0. The zero-order valence-electron chi connectivity index (χ0n) is 13.5. The number of rotatable bonds is 4. The molecule has 0 fully saturated rings. The van der Waals surface area contributed by atoms with Crippen LogP contribution >= 0.6 is 11.3 Å². The first-order valence-electron chi connectivity index (χ1n) is 7.30. The molecule has 0 aliphatic rings. The molecule has 8 heteroatoms. The predicted molar refractivity (Wildman–Crippen MR) is 87.5 cm³/mol. The second kappa shape index (κ2) is 6.48. The van der Waals surface area contributed by atoms with Crippen LogP contribution in [-0.2, 0) is 16.8 Å². The van der Waals surface area contributed by atoms with E-state index in [0.717, 1.165) is 10.6 Å². The minimum atomic E-state index is -0.469. The number of pyridine rings is 1. The van der Waals surface area contributed by atoms with Crippen LogP contribution in [0.5, 0.6) is 0 Å². The molecular formula is C16H16N4O3S. The van der Waals surface area contributed by atoms with Crippen LogP contribution in [0.4, 0.5) is 0 Å². The van der Waals surface area contributed by atoms with Gasteiger partial charge in [-0.25, -0.2) is 9.78 Å². The highest BCUT2D eigenvalue weighted by Gasteiger charge is 2.22. The van der Waals surface area contributed by atoms with Gasteiger partial charge in [-0.15, -0.1) is 11.3 Å². The summed E-state index contributed by atoms with van der Waals surface area (Å²) in [6, 6.07) is 3.67. The normalized spacial score (nSPS) is 11.5. The third-order valence-corrected chi connectivity index (χ3v) is 4.13. The lowest BCUT2D eigenvalue weighted by Gasteiger charge is -2.10. The molecule has 0 bridgehead atoms. The molecule has 0 saturated carbocycles. The van der Waals surface area contributed by atoms with E-state index < -0.39 is 5.97 Å². The van der Waals surface area contributed by atoms with Gasteiger partial charge in [0.15, 0.2) is 12.4 Å². The summed E-state index contributed by atoms with van der Waals surface area (Å²) < 4.78 is 10.3. The molecular weight excluding hydrogens is 328 g/mol. The van der Waals surface area contributed by atoms with Crippen molar-refractivity contribution in [2.45, 2.75) is 32.8 Å². The van der Waals surface area contributed by atoms with E-state index >= 15 is 0 Å². The summed E-state index contributed by atoms with van der Waals surface area (Å²) in [6.45, 7) is 5.87. The van der Waals surface area contributed by atoms with Crippen molar-refractivity contribution in [2.24, 2.45) is 0 Å². The summed E-state index contributed by atoms with van der Waals surface area (Å²) in [7, 11) is 0. The number of carbonyl (C=O) groups is 1. The Balaban J connectivity index is 1.64. The Morgan fingerprint density at radius 3 is 2.71 bits per heavy atom. The van der Waals surface area contributed by atoms with Gasteiger partial charge in [-0.3, -0.25) is 4.98 Å². The van der Waals surface area contributed by atoms with Crippen LogP contribution in [0.1, 0.15) is 42.2 Å². The Morgan fingerprint density at radius 2 is 2.04 bits per heavy atom. The predicted octanol–water partition coefficient (Wildman–Crippen LogP) is 3.24. The second-order valence-electron chi connectivity index (χ2n) is 6.10. The van der Waals surface area contributed by atoms with Crippen LogP contribution in [0.2, 0.25) is 0 Å². The largest absolute Gasteiger partial charge is 0.451 e. The van der Waals surface area contributed by atoms with Gasteiger partial charge >= 0.3 is 5.97 Å². The van der Waals surface area contributed by atoms with Gasteiger partial charge in [0.2, 0.25) is 0 Å². The van der Waals surface area contributed by atoms with Gasteiger partial charge in [0.1, 0.15) is 9.88 Å². The zero-order valence-corrected chi connectivity index (χ0v) is 14.3. The number of nitrogens with zero attached hydrogens (tertiary/aromatic N) is 4. The highest BCUT2D eigenvalue weighted by atomic mass is 32.1. The van der Waals surface area contributed by atoms with Crippen LogP contribution in [0.3, 0.4) is 0 Å². The van der Waals surface area contributed by atoms with Crippen LogP contribution in [0, 0.1) is 0 Å². The lowest BCUT2D eigenvalue weighted by atomic mass is 9.96. The van der Waals surface area contributed by atoms with E-state index in [2.05, 4.69) is 20.1 Å². The maximum atomic E-state index is 12.1. The Kier molecular flexibility index (Phi) is 4.39. The first kappa shape index (κ1) is 16.3. The van der Waals surface area contributed by atoms with Crippen molar-refractivity contribution in [1.82, 2.24) is 20.1 Å². The first-order chi connectivity index (χ1) is 11.4. The summed E-state index contributed by atoms with van der Waals surface area (Å²) in [5.74, 6) is 0.377. The fraction of sp³-hybridized carbons (Fsp3) is 0.312. The number of ether oxygens (including phenoxy) is 1. The average molecular weight is 344 g/mol. The van der Waals surface area contributed by atoms with Crippen molar-refractivity contribution in [3.8, 4) is 10.6 Å². The monoisotopic (exact) mass is 344 g/mol. The molecule has 0 atom stereocenters. The minimum absolute atomic E-state index is 0.0651. The van der Waals surface area contributed by atoms with E-state index in [0.29, 0.717) is 10.7 Å². The zero-order chi connectivity index (χ0) is 17.2. The Morgan fingerprint density at radius 1 is 1.29 bits per heavy atom. The molecule has 0 spiro atoms. The molecule has 0 N–H and O–H groups in total. The molecule has 7 nitrogen and oxygen atoms in total. The molecule has 3 rings (SSSR count). The van der Waals surface area contributed by atoms with E-state index in [1.807, 2.05) is 32.9 Å². The lowest BCUT2D eigenvalue weighted by molar-refractivity contribution is 0.0435. The van der Waals surface area contributed by atoms with E-state index in [1.165, 1.54) is 17.5 Å². The van der Waals surface area contributed by atoms with Gasteiger partial charge in [0.05, 0.1) is 6.20 Å². The fourth-order valence-corrected chi connectivity index (χ4v) is 2.63. The maximum Gasteiger partial charge on any atom is 0.350 e. The maximum absolute atomic E-state index is 12.1. The summed E-state index contributed by atoms with van der Waals surface area (Å²) >= 11 is 1.26. The Bertz CT molecular complexity index is 836. The number of thiazole rings is 1. The van der Waals surface area contributed by atoms with Crippen molar-refractivity contribution in [2.75, 3.05) is 0 Å². The Hall–Kier alpha value is -2.61. The Labute approximate surface area is 142 Å². The smallest absolute Gasteiger partial charge is 0.350 e. The molecule has 0 radical (unpaired) electrons. The van der Waals surface area contributed by atoms with Gasteiger partial charge in [0, 0.05) is 23.4 Å². The molecule has 0 aliphatic heterocycles. The third-order valence-electron chi connectivity index (χ3n) is 3.10. The summed E-state index contributed by atoms with van der Waals surface area (Å²) in [5, 5.41) is 4.62. The molecule has 24 heavy (non-hydrogen) atoms. The van der Waals surface area contributed by atoms with Gasteiger partial charge in [-0.05, 0) is 12.1 Å². The number of hydrogen-bond acceptors (Lipinski definition) is 8. The van der Waals surface area contributed by atoms with E-state index in [9.17, 15) is 4.79 Å². The van der Waals surface area contributed by atoms with E-state index in [-0.39, 0.29) is 17.9 Å². The van der Waals surface area contributed by atoms with Gasteiger partial charge in [0.25, 0.3) is 5.89 Å². The van der Waals surface area contributed by atoms with Crippen LogP contribution in [-0.4, -0.2) is 26.1 Å². The lowest BCUT2D eigenvalue weighted by Crippen LogP contribution is -2.13. The van der Waals surface area contributed by atoms with Crippen molar-refractivity contribution < 1.29 is 14.1 Å². The highest BCUT2D eigenvalue weighted by Crippen LogP contribution is 2.25. The minimum Gasteiger partial charge on any atom is -0.451 e. The molecule has 0 unspecified atom stereocenters. The summed E-state index contributed by atoms with van der Waals surface area (Å²) in [5.41, 5.74) is 0.684. The van der Waals surface area contributed by atoms with Crippen molar-refractivity contribution >= 4 is 17.3 Å². The SMILES string of the molecule is CC(C)(C)c1noc(COC(=O)c2cnc(-c3ccncc3)s2)n1. The third kappa shape index (κ3) is 3.65. The molecule has 3 aromatic rings. The molecule has 0 saturated heterocycles. The molecule has 3 heterocycles. The molecule has 0 aliphatic carbocycles.